The first-order valence-electron chi connectivity index (χ1n) is 5.89. The van der Waals surface area contributed by atoms with Crippen molar-refractivity contribution in [3.63, 3.8) is 0 Å². The van der Waals surface area contributed by atoms with Crippen molar-refractivity contribution in [2.75, 3.05) is 0 Å². The molecule has 3 heteroatoms. The first kappa shape index (κ1) is 10.3. The Morgan fingerprint density at radius 3 is 2.94 bits per heavy atom. The van der Waals surface area contributed by atoms with Gasteiger partial charge in [-0.05, 0) is 36.6 Å². The maximum absolute atomic E-state index is 5.35. The highest BCUT2D eigenvalue weighted by atomic mass is 16.5. The maximum atomic E-state index is 5.35. The summed E-state index contributed by atoms with van der Waals surface area (Å²) in [6, 6.07) is 6.27. The van der Waals surface area contributed by atoms with Gasteiger partial charge in [0.2, 0.25) is 0 Å². The molecular weight excluding hydrogens is 212 g/mol. The van der Waals surface area contributed by atoms with Crippen LogP contribution in [0.4, 0.5) is 0 Å². The summed E-state index contributed by atoms with van der Waals surface area (Å²) in [5, 5.41) is 5.19. The molecule has 0 atom stereocenters. The van der Waals surface area contributed by atoms with Crippen LogP contribution in [-0.4, -0.2) is 10.9 Å². The lowest BCUT2D eigenvalue weighted by Gasteiger charge is -2.01. The molecular formula is C14H14N2O. The topological polar surface area (TPSA) is 38.4 Å². The Balaban J connectivity index is 2.03. The molecule has 0 unspecified atom stereocenters. The second-order valence-electron chi connectivity index (χ2n) is 4.39. The van der Waals surface area contributed by atoms with E-state index in [0.717, 1.165) is 35.2 Å². The zero-order valence-corrected chi connectivity index (χ0v) is 10.0. The fourth-order valence-electron chi connectivity index (χ4n) is 2.18. The van der Waals surface area contributed by atoms with Crippen LogP contribution in [0.2, 0.25) is 0 Å². The number of allylic oxidation sites excluding steroid dienone is 1. The lowest BCUT2D eigenvalue weighted by molar-refractivity contribution is 0.447. The van der Waals surface area contributed by atoms with Crippen molar-refractivity contribution < 1.29 is 4.52 Å². The van der Waals surface area contributed by atoms with Crippen molar-refractivity contribution in [1.29, 1.82) is 0 Å². The Labute approximate surface area is 99.8 Å². The molecule has 17 heavy (non-hydrogen) atoms. The van der Waals surface area contributed by atoms with Crippen molar-refractivity contribution in [3.05, 3.63) is 35.7 Å². The van der Waals surface area contributed by atoms with Crippen LogP contribution in [0.1, 0.15) is 31.5 Å². The second-order valence-corrected chi connectivity index (χ2v) is 4.39. The number of rotatable bonds is 2. The molecule has 0 saturated carbocycles. The van der Waals surface area contributed by atoms with E-state index >= 15 is 0 Å². The molecule has 0 radical (unpaired) electrons. The number of fused-ring (bicyclic) bond motifs is 1. The summed E-state index contributed by atoms with van der Waals surface area (Å²) in [5.74, 6) is 0. The summed E-state index contributed by atoms with van der Waals surface area (Å²) >= 11 is 0. The van der Waals surface area contributed by atoms with E-state index < -0.39 is 0 Å². The van der Waals surface area contributed by atoms with Gasteiger partial charge >= 0.3 is 0 Å². The number of aryl methyl sites for hydroxylation is 1. The van der Waals surface area contributed by atoms with Gasteiger partial charge in [0.1, 0.15) is 0 Å². The van der Waals surface area contributed by atoms with E-state index in [0.29, 0.717) is 0 Å². The largest absolute Gasteiger partial charge is 0.356 e. The van der Waals surface area contributed by atoms with Crippen LogP contribution in [0.3, 0.4) is 0 Å². The molecule has 3 nitrogen and oxygen atoms in total. The molecule has 1 aliphatic rings. The minimum absolute atomic E-state index is 0.866. The van der Waals surface area contributed by atoms with Crippen molar-refractivity contribution in [2.24, 2.45) is 4.99 Å². The van der Waals surface area contributed by atoms with Gasteiger partial charge in [-0.3, -0.25) is 4.99 Å². The fourth-order valence-corrected chi connectivity index (χ4v) is 2.18. The van der Waals surface area contributed by atoms with E-state index in [1.807, 2.05) is 13.1 Å². The van der Waals surface area contributed by atoms with Crippen LogP contribution in [-0.2, 0) is 6.42 Å². The zero-order valence-electron chi connectivity index (χ0n) is 10.0. The van der Waals surface area contributed by atoms with Gasteiger partial charge in [-0.2, -0.15) is 0 Å². The lowest BCUT2D eigenvalue weighted by atomic mass is 10.0. The third-order valence-electron chi connectivity index (χ3n) is 3.14. The number of hydrogen-bond donors (Lipinski definition) is 0. The van der Waals surface area contributed by atoms with Crippen molar-refractivity contribution in [2.45, 2.75) is 26.7 Å². The highest BCUT2D eigenvalue weighted by Crippen LogP contribution is 2.28. The van der Waals surface area contributed by atoms with Crippen molar-refractivity contribution in [1.82, 2.24) is 5.16 Å². The third-order valence-corrected chi connectivity index (χ3v) is 3.14. The monoisotopic (exact) mass is 226 g/mol. The van der Waals surface area contributed by atoms with Gasteiger partial charge in [0.05, 0.1) is 5.69 Å². The van der Waals surface area contributed by atoms with Crippen molar-refractivity contribution >= 4 is 22.3 Å². The van der Waals surface area contributed by atoms with Gasteiger partial charge in [0, 0.05) is 23.7 Å². The Bertz CT molecular complexity index is 635. The van der Waals surface area contributed by atoms with Crippen LogP contribution >= 0.6 is 0 Å². The van der Waals surface area contributed by atoms with E-state index in [4.69, 9.17) is 4.52 Å². The molecule has 0 aliphatic carbocycles. The van der Waals surface area contributed by atoms with Crippen LogP contribution in [0.5, 0.6) is 0 Å². The predicted octanol–water partition coefficient (Wildman–Crippen LogP) is 3.60. The fraction of sp³-hybridized carbons (Fsp3) is 0.286. The summed E-state index contributed by atoms with van der Waals surface area (Å²) in [4.78, 5) is 4.30. The normalized spacial score (nSPS) is 15.2. The molecule has 0 bridgehead atoms. The lowest BCUT2D eigenvalue weighted by Crippen LogP contribution is -1.88. The first-order valence-corrected chi connectivity index (χ1v) is 5.89. The van der Waals surface area contributed by atoms with Gasteiger partial charge in [-0.25, -0.2) is 0 Å². The number of aromatic nitrogens is 1. The van der Waals surface area contributed by atoms with Gasteiger partial charge < -0.3 is 4.52 Å². The van der Waals surface area contributed by atoms with E-state index in [9.17, 15) is 0 Å². The van der Waals surface area contributed by atoms with Gasteiger partial charge in [0.15, 0.2) is 5.58 Å². The maximum Gasteiger partial charge on any atom is 0.167 e. The zero-order chi connectivity index (χ0) is 11.8. The Morgan fingerprint density at radius 1 is 1.35 bits per heavy atom. The number of nitrogens with zero attached hydrogens (tertiary/aromatic N) is 2. The Hall–Kier alpha value is -1.90. The Morgan fingerprint density at radius 2 is 2.24 bits per heavy atom. The predicted molar refractivity (Wildman–Crippen MR) is 69.1 cm³/mol. The van der Waals surface area contributed by atoms with E-state index in [-0.39, 0.29) is 0 Å². The molecule has 1 aromatic heterocycles. The molecule has 0 fully saturated rings. The molecule has 2 aromatic rings. The van der Waals surface area contributed by atoms with E-state index in [1.54, 1.807) is 0 Å². The number of aliphatic imine (C=N–C) groups is 1. The summed E-state index contributed by atoms with van der Waals surface area (Å²) in [6.45, 7) is 4.13. The highest BCUT2D eigenvalue weighted by Gasteiger charge is 2.12. The first-order chi connectivity index (χ1) is 8.28. The third kappa shape index (κ3) is 1.68. The Kier molecular flexibility index (Phi) is 2.32. The average Bonchev–Trinajstić information content (AvgIpc) is 2.94. The van der Waals surface area contributed by atoms with Crippen LogP contribution in [0, 0.1) is 0 Å². The van der Waals surface area contributed by atoms with Crippen LogP contribution < -0.4 is 0 Å². The SMILES string of the molecule is CCc1noc2cc(C3=CN=C(C)C3)ccc12. The molecule has 0 N–H and O–H groups in total. The number of benzene rings is 1. The standard InChI is InChI=1S/C14H14N2O/c1-3-13-12-5-4-10(7-14(12)17-16-13)11-6-9(2)15-8-11/h4-5,7-8H,3,6H2,1-2H3. The highest BCUT2D eigenvalue weighted by molar-refractivity contribution is 5.97. The molecule has 0 amide bonds. The summed E-state index contributed by atoms with van der Waals surface area (Å²) in [5.41, 5.74) is 5.48. The van der Waals surface area contributed by atoms with Crippen molar-refractivity contribution in [3.8, 4) is 0 Å². The minimum Gasteiger partial charge on any atom is -0.356 e. The second kappa shape index (κ2) is 3.84. The van der Waals surface area contributed by atoms with Gasteiger partial charge in [0.25, 0.3) is 0 Å². The summed E-state index contributed by atoms with van der Waals surface area (Å²) in [7, 11) is 0. The molecule has 3 rings (SSSR count). The smallest absolute Gasteiger partial charge is 0.167 e. The van der Waals surface area contributed by atoms with E-state index in [2.05, 4.69) is 35.3 Å². The molecule has 86 valence electrons. The summed E-state index contributed by atoms with van der Waals surface area (Å²) in [6.07, 6.45) is 3.77. The van der Waals surface area contributed by atoms with Gasteiger partial charge in [-0.15, -0.1) is 0 Å². The average molecular weight is 226 g/mol. The minimum atomic E-state index is 0.866. The molecule has 1 aromatic carbocycles. The van der Waals surface area contributed by atoms with E-state index in [1.165, 1.54) is 11.1 Å². The molecule has 1 aliphatic heterocycles. The molecule has 0 spiro atoms. The van der Waals surface area contributed by atoms with Gasteiger partial charge in [-0.1, -0.05) is 18.1 Å². The molecule has 2 heterocycles. The number of hydrogen-bond acceptors (Lipinski definition) is 3. The summed E-state index contributed by atoms with van der Waals surface area (Å²) < 4.78 is 5.35. The van der Waals surface area contributed by atoms with Crippen LogP contribution in [0.15, 0.2) is 33.9 Å². The molecule has 0 saturated heterocycles. The quantitative estimate of drug-likeness (QED) is 0.784. The van der Waals surface area contributed by atoms with Crippen LogP contribution in [0.25, 0.3) is 16.5 Å².